The van der Waals surface area contributed by atoms with Gasteiger partial charge in [-0.2, -0.15) is 11.8 Å². The van der Waals surface area contributed by atoms with Gasteiger partial charge in [0, 0.05) is 6.61 Å². The molecule has 0 aliphatic carbocycles. The molecule has 0 spiro atoms. The predicted molar refractivity (Wildman–Crippen MR) is 165 cm³/mol. The van der Waals surface area contributed by atoms with Crippen LogP contribution in [-0.4, -0.2) is 63.9 Å². The van der Waals surface area contributed by atoms with E-state index in [1.807, 2.05) is 60.3 Å². The molecule has 3 rings (SSSR count). The van der Waals surface area contributed by atoms with Crippen molar-refractivity contribution >= 4 is 11.8 Å². The zero-order valence-electron chi connectivity index (χ0n) is 24.7. The lowest BCUT2D eigenvalue weighted by Crippen LogP contribution is -2.45. The van der Waals surface area contributed by atoms with Gasteiger partial charge in [0.15, 0.2) is 23.0 Å². The van der Waals surface area contributed by atoms with Crippen molar-refractivity contribution < 1.29 is 28.4 Å². The first kappa shape index (κ1) is 32.4. The average Bonchev–Trinajstić information content (AvgIpc) is 2.98. The summed E-state index contributed by atoms with van der Waals surface area (Å²) in [6, 6.07) is 15.7. The van der Waals surface area contributed by atoms with Crippen LogP contribution in [0.5, 0.6) is 23.0 Å². The largest absolute Gasteiger partial charge is 0.487 e. The van der Waals surface area contributed by atoms with E-state index in [4.69, 9.17) is 28.4 Å². The standard InChI is InChI=1S/C33H50O6S/c1-3-4-5-6-7-8-9-14-20-33(39-21-15-26-40-2)27-37-31-18-12-10-16-29(31)35-24-22-34-23-25-36-30-17-11-13-19-32(30)38-28-33/h10-13,16-19H,3-9,14-15,20-28H2,1-2H3. The number of hydrogen-bond acceptors (Lipinski definition) is 7. The molecule has 0 saturated heterocycles. The number of thioether (sulfide) groups is 1. The van der Waals surface area contributed by atoms with Crippen molar-refractivity contribution in [1.29, 1.82) is 0 Å². The number of unbranched alkanes of at least 4 members (excludes halogenated alkanes) is 7. The molecule has 40 heavy (non-hydrogen) atoms. The van der Waals surface area contributed by atoms with Gasteiger partial charge in [0.2, 0.25) is 0 Å². The summed E-state index contributed by atoms with van der Waals surface area (Å²) in [5.41, 5.74) is -0.596. The molecule has 1 aliphatic heterocycles. The topological polar surface area (TPSA) is 55.4 Å². The van der Waals surface area contributed by atoms with Crippen LogP contribution in [-0.2, 0) is 9.47 Å². The molecule has 0 unspecified atom stereocenters. The van der Waals surface area contributed by atoms with E-state index in [2.05, 4.69) is 13.2 Å². The normalized spacial score (nSPS) is 15.9. The summed E-state index contributed by atoms with van der Waals surface area (Å²) in [7, 11) is 0. The molecule has 1 aliphatic rings. The average molecular weight is 575 g/mol. The van der Waals surface area contributed by atoms with E-state index < -0.39 is 5.60 Å². The van der Waals surface area contributed by atoms with E-state index in [-0.39, 0.29) is 0 Å². The molecule has 0 bridgehead atoms. The molecule has 2 aromatic carbocycles. The highest BCUT2D eigenvalue weighted by molar-refractivity contribution is 7.98. The minimum absolute atomic E-state index is 0.378. The highest BCUT2D eigenvalue weighted by Gasteiger charge is 2.34. The molecule has 7 heteroatoms. The zero-order chi connectivity index (χ0) is 28.1. The third-order valence-corrected chi connectivity index (χ3v) is 7.73. The number of benzene rings is 2. The molecule has 0 atom stereocenters. The highest BCUT2D eigenvalue weighted by atomic mass is 32.2. The molecular weight excluding hydrogens is 524 g/mol. The van der Waals surface area contributed by atoms with Gasteiger partial charge in [-0.15, -0.1) is 0 Å². The molecule has 0 aromatic heterocycles. The van der Waals surface area contributed by atoms with E-state index in [0.29, 0.717) is 69.2 Å². The molecule has 0 saturated carbocycles. The Labute approximate surface area is 246 Å². The van der Waals surface area contributed by atoms with Gasteiger partial charge in [0.05, 0.1) is 13.2 Å². The molecule has 0 fully saturated rings. The Kier molecular flexibility index (Phi) is 16.1. The van der Waals surface area contributed by atoms with Crippen molar-refractivity contribution in [2.45, 2.75) is 76.7 Å². The van der Waals surface area contributed by atoms with E-state index >= 15 is 0 Å². The minimum Gasteiger partial charge on any atom is -0.487 e. The molecule has 0 N–H and O–H groups in total. The molecule has 0 amide bonds. The van der Waals surface area contributed by atoms with Gasteiger partial charge in [-0.25, -0.2) is 0 Å². The van der Waals surface area contributed by atoms with Crippen molar-refractivity contribution in [3.8, 4) is 23.0 Å². The Balaban J connectivity index is 1.77. The third-order valence-electron chi connectivity index (χ3n) is 7.04. The predicted octanol–water partition coefficient (Wildman–Crippen LogP) is 7.97. The number of para-hydroxylation sites is 4. The van der Waals surface area contributed by atoms with Gasteiger partial charge in [-0.05, 0) is 49.1 Å². The molecule has 2 aromatic rings. The van der Waals surface area contributed by atoms with E-state index in [1.165, 1.54) is 44.9 Å². The smallest absolute Gasteiger partial charge is 0.161 e. The van der Waals surface area contributed by atoms with Crippen LogP contribution in [0.1, 0.15) is 71.1 Å². The second kappa shape index (κ2) is 19.9. The molecule has 0 radical (unpaired) electrons. The summed E-state index contributed by atoms with van der Waals surface area (Å²) in [6.45, 7) is 5.50. The summed E-state index contributed by atoms with van der Waals surface area (Å²) in [5.74, 6) is 3.91. The van der Waals surface area contributed by atoms with Crippen LogP contribution in [0.25, 0.3) is 0 Å². The lowest BCUT2D eigenvalue weighted by molar-refractivity contribution is -0.103. The lowest BCUT2D eigenvalue weighted by atomic mass is 9.96. The number of fused-ring (bicyclic) bond motifs is 2. The first-order valence-corrected chi connectivity index (χ1v) is 16.6. The fraction of sp³-hybridized carbons (Fsp3) is 0.636. The zero-order valence-corrected chi connectivity index (χ0v) is 25.5. The molecule has 6 nitrogen and oxygen atoms in total. The number of rotatable bonds is 14. The Morgan fingerprint density at radius 1 is 0.650 bits per heavy atom. The summed E-state index contributed by atoms with van der Waals surface area (Å²) >= 11 is 1.84. The second-order valence-corrected chi connectivity index (χ2v) is 11.4. The van der Waals surface area contributed by atoms with Crippen LogP contribution in [0.4, 0.5) is 0 Å². The lowest BCUT2D eigenvalue weighted by Gasteiger charge is -2.34. The Bertz CT molecular complexity index is 868. The van der Waals surface area contributed by atoms with Crippen LogP contribution in [0.2, 0.25) is 0 Å². The fourth-order valence-electron chi connectivity index (χ4n) is 4.73. The highest BCUT2D eigenvalue weighted by Crippen LogP contribution is 2.32. The van der Waals surface area contributed by atoms with Crippen LogP contribution >= 0.6 is 11.8 Å². The quantitative estimate of drug-likeness (QED) is 0.212. The van der Waals surface area contributed by atoms with Crippen LogP contribution in [0.15, 0.2) is 48.5 Å². The summed E-state index contributed by atoms with van der Waals surface area (Å²) in [5, 5.41) is 0. The van der Waals surface area contributed by atoms with Gasteiger partial charge in [0.25, 0.3) is 0 Å². The maximum absolute atomic E-state index is 6.70. The van der Waals surface area contributed by atoms with Crippen LogP contribution in [0, 0.1) is 0 Å². The van der Waals surface area contributed by atoms with Gasteiger partial charge >= 0.3 is 0 Å². The van der Waals surface area contributed by atoms with Crippen molar-refractivity contribution in [3.05, 3.63) is 48.5 Å². The Hall–Kier alpha value is -2.09. The third kappa shape index (κ3) is 12.2. The molecular formula is C33H50O6S. The maximum atomic E-state index is 6.70. The van der Waals surface area contributed by atoms with Crippen molar-refractivity contribution in [2.75, 3.05) is 58.3 Å². The van der Waals surface area contributed by atoms with E-state index in [0.717, 1.165) is 25.0 Å². The molecule has 224 valence electrons. The minimum atomic E-state index is -0.596. The van der Waals surface area contributed by atoms with Crippen molar-refractivity contribution in [2.24, 2.45) is 0 Å². The number of ether oxygens (including phenoxy) is 6. The summed E-state index contributed by atoms with van der Waals surface area (Å²) < 4.78 is 37.4. The van der Waals surface area contributed by atoms with Gasteiger partial charge in [-0.1, -0.05) is 82.6 Å². The first-order valence-electron chi connectivity index (χ1n) is 15.2. The molecule has 1 heterocycles. The van der Waals surface area contributed by atoms with E-state index in [1.54, 1.807) is 0 Å². The van der Waals surface area contributed by atoms with Gasteiger partial charge in [-0.3, -0.25) is 0 Å². The van der Waals surface area contributed by atoms with Crippen LogP contribution in [0.3, 0.4) is 0 Å². The second-order valence-electron chi connectivity index (χ2n) is 10.4. The van der Waals surface area contributed by atoms with Gasteiger partial charge < -0.3 is 28.4 Å². The van der Waals surface area contributed by atoms with E-state index in [9.17, 15) is 0 Å². The van der Waals surface area contributed by atoms with Crippen molar-refractivity contribution in [1.82, 2.24) is 0 Å². The monoisotopic (exact) mass is 574 g/mol. The fourth-order valence-corrected chi connectivity index (χ4v) is 5.14. The Morgan fingerprint density at radius 2 is 1.15 bits per heavy atom. The SMILES string of the molecule is CCCCCCCCCCC1(OCCCSC)COc2ccccc2OCCOCCOc2ccccc2OC1. The maximum Gasteiger partial charge on any atom is 0.161 e. The van der Waals surface area contributed by atoms with Crippen molar-refractivity contribution in [3.63, 3.8) is 0 Å². The van der Waals surface area contributed by atoms with Gasteiger partial charge in [0.1, 0.15) is 32.0 Å². The van der Waals surface area contributed by atoms with Crippen LogP contribution < -0.4 is 18.9 Å². The first-order chi connectivity index (χ1) is 19.8. The number of hydrogen-bond donors (Lipinski definition) is 0. The summed E-state index contributed by atoms with van der Waals surface area (Å²) in [4.78, 5) is 0. The summed E-state index contributed by atoms with van der Waals surface area (Å²) in [6.07, 6.45) is 14.1. The Morgan fingerprint density at radius 3 is 1.68 bits per heavy atom.